The van der Waals surface area contributed by atoms with Gasteiger partial charge in [0.15, 0.2) is 5.96 Å². The maximum Gasteiger partial charge on any atom is 0.222 e. The summed E-state index contributed by atoms with van der Waals surface area (Å²) < 4.78 is 10.8. The van der Waals surface area contributed by atoms with Gasteiger partial charge >= 0.3 is 0 Å². The number of hydrogen-bond acceptors (Lipinski definition) is 4. The van der Waals surface area contributed by atoms with Crippen LogP contribution in [-0.2, 0) is 11.2 Å². The summed E-state index contributed by atoms with van der Waals surface area (Å²) in [6, 6.07) is 6.27. The Morgan fingerprint density at radius 3 is 2.77 bits per heavy atom. The topological polar surface area (TPSA) is 91.0 Å². The third-order valence-corrected chi connectivity index (χ3v) is 5.51. The third-order valence-electron chi connectivity index (χ3n) is 5.51. The van der Waals surface area contributed by atoms with E-state index in [-0.39, 0.29) is 35.9 Å². The maximum atomic E-state index is 11.8. The fourth-order valence-corrected chi connectivity index (χ4v) is 3.86. The van der Waals surface area contributed by atoms with Gasteiger partial charge in [0.25, 0.3) is 0 Å². The number of nitrogens with one attached hydrogen (secondary N) is 3. The lowest BCUT2D eigenvalue weighted by Crippen LogP contribution is -2.45. The fourth-order valence-electron chi connectivity index (χ4n) is 3.86. The van der Waals surface area contributed by atoms with E-state index in [0.717, 1.165) is 73.0 Å². The molecule has 0 spiro atoms. The molecule has 1 aliphatic heterocycles. The molecular weight excluding hydrogens is 509 g/mol. The van der Waals surface area contributed by atoms with Crippen molar-refractivity contribution >= 4 is 46.7 Å². The molecule has 0 radical (unpaired) electrons. The number of nitrogens with zero attached hydrogens (tertiary/aromatic N) is 2. The van der Waals surface area contributed by atoms with Crippen molar-refractivity contribution in [3.63, 3.8) is 0 Å². The van der Waals surface area contributed by atoms with E-state index < -0.39 is 0 Å². The van der Waals surface area contributed by atoms with Crippen molar-refractivity contribution in [1.82, 2.24) is 20.5 Å². The van der Waals surface area contributed by atoms with Crippen LogP contribution in [0.2, 0.25) is 0 Å². The standard InChI is InChI=1S/C22H33N5O3.HI/c1-5-21(28)27-10-8-16(14-27)26-22(23-2)24-9-6-7-15-11-18-19(25-15)12-17(29-3)13-20(18)30-4;/h11-13,16,25H,5-10,14H2,1-4H3,(H2,23,24,26);1H. The Balaban J connectivity index is 0.00000341. The zero-order valence-electron chi connectivity index (χ0n) is 18.8. The van der Waals surface area contributed by atoms with Crippen molar-refractivity contribution in [2.75, 3.05) is 40.9 Å². The molecule has 31 heavy (non-hydrogen) atoms. The van der Waals surface area contributed by atoms with Gasteiger partial charge in [0.05, 0.1) is 19.7 Å². The predicted molar refractivity (Wildman–Crippen MR) is 135 cm³/mol. The summed E-state index contributed by atoms with van der Waals surface area (Å²) in [7, 11) is 5.10. The van der Waals surface area contributed by atoms with Crippen molar-refractivity contribution < 1.29 is 14.3 Å². The molecule has 3 rings (SSSR count). The number of carbonyl (C=O) groups is 1. The van der Waals surface area contributed by atoms with Crippen molar-refractivity contribution in [1.29, 1.82) is 0 Å². The van der Waals surface area contributed by atoms with E-state index in [1.165, 1.54) is 0 Å². The van der Waals surface area contributed by atoms with Crippen LogP contribution in [0.4, 0.5) is 0 Å². The van der Waals surface area contributed by atoms with E-state index >= 15 is 0 Å². The van der Waals surface area contributed by atoms with Gasteiger partial charge in [-0.2, -0.15) is 0 Å². The van der Waals surface area contributed by atoms with E-state index in [1.54, 1.807) is 21.3 Å². The zero-order valence-corrected chi connectivity index (χ0v) is 21.1. The number of rotatable bonds is 8. The molecule has 9 heteroatoms. The second-order valence-corrected chi connectivity index (χ2v) is 7.51. The van der Waals surface area contributed by atoms with E-state index in [9.17, 15) is 4.79 Å². The molecule has 1 aromatic carbocycles. The van der Waals surface area contributed by atoms with Gasteiger partial charge in [0.1, 0.15) is 11.5 Å². The zero-order chi connectivity index (χ0) is 21.5. The molecule has 2 heterocycles. The number of H-pyrrole nitrogens is 1. The number of ether oxygens (including phenoxy) is 2. The Bertz CT molecular complexity index is 899. The normalized spacial score (nSPS) is 16.2. The molecule has 1 fully saturated rings. The van der Waals surface area contributed by atoms with Crippen LogP contribution >= 0.6 is 24.0 Å². The van der Waals surface area contributed by atoms with Gasteiger partial charge in [-0.05, 0) is 25.3 Å². The summed E-state index contributed by atoms with van der Waals surface area (Å²) in [6.07, 6.45) is 3.38. The number of aromatic nitrogens is 1. The average molecular weight is 543 g/mol. The number of carbonyl (C=O) groups excluding carboxylic acids is 1. The number of aryl methyl sites for hydroxylation is 1. The van der Waals surface area contributed by atoms with Crippen molar-refractivity contribution in [3.8, 4) is 11.5 Å². The number of hydrogen-bond donors (Lipinski definition) is 3. The van der Waals surface area contributed by atoms with Crippen molar-refractivity contribution in [2.24, 2.45) is 4.99 Å². The number of fused-ring (bicyclic) bond motifs is 1. The van der Waals surface area contributed by atoms with E-state index in [4.69, 9.17) is 9.47 Å². The first-order chi connectivity index (χ1) is 14.6. The van der Waals surface area contributed by atoms with Crippen LogP contribution in [0.3, 0.4) is 0 Å². The lowest BCUT2D eigenvalue weighted by Gasteiger charge is -2.18. The van der Waals surface area contributed by atoms with E-state index in [0.29, 0.717) is 6.42 Å². The van der Waals surface area contributed by atoms with Gasteiger partial charge in [-0.15, -0.1) is 24.0 Å². The molecule has 1 amide bonds. The quantitative estimate of drug-likeness (QED) is 0.206. The molecule has 1 aliphatic rings. The van der Waals surface area contributed by atoms with Crippen LogP contribution in [0.5, 0.6) is 11.5 Å². The number of amides is 1. The van der Waals surface area contributed by atoms with Crippen molar-refractivity contribution in [3.05, 3.63) is 23.9 Å². The smallest absolute Gasteiger partial charge is 0.222 e. The first kappa shape index (κ1) is 25.1. The van der Waals surface area contributed by atoms with E-state index in [2.05, 4.69) is 26.7 Å². The lowest BCUT2D eigenvalue weighted by molar-refractivity contribution is -0.129. The second kappa shape index (κ2) is 12.0. The monoisotopic (exact) mass is 543 g/mol. The van der Waals surface area contributed by atoms with Gasteiger partial charge in [-0.1, -0.05) is 6.92 Å². The lowest BCUT2D eigenvalue weighted by atomic mass is 10.2. The highest BCUT2D eigenvalue weighted by atomic mass is 127. The Morgan fingerprint density at radius 2 is 2.10 bits per heavy atom. The Labute approximate surface area is 201 Å². The largest absolute Gasteiger partial charge is 0.497 e. The molecule has 172 valence electrons. The molecule has 1 atom stereocenters. The van der Waals surface area contributed by atoms with Crippen molar-refractivity contribution in [2.45, 2.75) is 38.6 Å². The number of guanidine groups is 1. The Morgan fingerprint density at radius 1 is 1.29 bits per heavy atom. The van der Waals surface area contributed by atoms with Crippen LogP contribution < -0.4 is 20.1 Å². The number of benzene rings is 1. The summed E-state index contributed by atoms with van der Waals surface area (Å²) in [4.78, 5) is 21.5. The van der Waals surface area contributed by atoms with Crippen LogP contribution in [0.25, 0.3) is 10.9 Å². The summed E-state index contributed by atoms with van der Waals surface area (Å²) in [5, 5.41) is 7.87. The first-order valence-electron chi connectivity index (χ1n) is 10.6. The molecule has 0 aliphatic carbocycles. The highest BCUT2D eigenvalue weighted by Gasteiger charge is 2.25. The highest BCUT2D eigenvalue weighted by molar-refractivity contribution is 14.0. The minimum Gasteiger partial charge on any atom is -0.497 e. The summed E-state index contributed by atoms with van der Waals surface area (Å²) in [6.45, 7) is 4.27. The summed E-state index contributed by atoms with van der Waals surface area (Å²) in [5.74, 6) is 2.58. The summed E-state index contributed by atoms with van der Waals surface area (Å²) >= 11 is 0. The Kier molecular flexibility index (Phi) is 9.73. The second-order valence-electron chi connectivity index (χ2n) is 7.51. The Hall–Kier alpha value is -2.17. The molecule has 1 saturated heterocycles. The fraction of sp³-hybridized carbons (Fsp3) is 0.545. The molecule has 1 aromatic heterocycles. The predicted octanol–water partition coefficient (Wildman–Crippen LogP) is 2.91. The number of aromatic amines is 1. The molecule has 8 nitrogen and oxygen atoms in total. The SMILES string of the molecule is CCC(=O)N1CCC(NC(=NC)NCCCc2cc3c(OC)cc(OC)cc3[nH]2)C1.I. The average Bonchev–Trinajstić information content (AvgIpc) is 3.41. The maximum absolute atomic E-state index is 11.8. The van der Waals surface area contributed by atoms with Crippen LogP contribution in [0.1, 0.15) is 31.9 Å². The number of methoxy groups -OCH3 is 2. The molecule has 0 bridgehead atoms. The van der Waals surface area contributed by atoms with Gasteiger partial charge in [0.2, 0.25) is 5.91 Å². The number of likely N-dealkylation sites (tertiary alicyclic amines) is 1. The summed E-state index contributed by atoms with van der Waals surface area (Å²) in [5.41, 5.74) is 2.17. The molecular formula is C22H34IN5O3. The number of halogens is 1. The molecule has 0 saturated carbocycles. The minimum atomic E-state index is 0. The van der Waals surface area contributed by atoms with E-state index in [1.807, 2.05) is 24.0 Å². The van der Waals surface area contributed by atoms with Crippen LogP contribution in [-0.4, -0.2) is 68.7 Å². The third kappa shape index (κ3) is 6.41. The van der Waals surface area contributed by atoms with Gasteiger partial charge < -0.3 is 30.0 Å². The number of aliphatic imine (C=N–C) groups is 1. The van der Waals surface area contributed by atoms with Gasteiger partial charge in [-0.25, -0.2) is 0 Å². The van der Waals surface area contributed by atoms with Crippen LogP contribution in [0.15, 0.2) is 23.2 Å². The van der Waals surface area contributed by atoms with Gasteiger partial charge in [0, 0.05) is 62.4 Å². The molecule has 3 N–H and O–H groups in total. The highest BCUT2D eigenvalue weighted by Crippen LogP contribution is 2.31. The minimum absolute atomic E-state index is 0. The van der Waals surface area contributed by atoms with Crippen LogP contribution in [0, 0.1) is 0 Å². The van der Waals surface area contributed by atoms with Gasteiger partial charge in [-0.3, -0.25) is 9.79 Å². The molecule has 1 unspecified atom stereocenters. The molecule has 2 aromatic rings. The first-order valence-corrected chi connectivity index (χ1v) is 10.6.